The molecular weight excluding hydrogens is 279 g/mol. The molecule has 1 aromatic heterocycles. The van der Waals surface area contributed by atoms with Crippen molar-refractivity contribution in [3.8, 4) is 0 Å². The van der Waals surface area contributed by atoms with Gasteiger partial charge in [-0.3, -0.25) is 4.68 Å². The lowest BCUT2D eigenvalue weighted by Crippen LogP contribution is -2.19. The Morgan fingerprint density at radius 3 is 2.67 bits per heavy atom. The van der Waals surface area contributed by atoms with Crippen molar-refractivity contribution >= 4 is 12.3 Å². The molecule has 0 amide bonds. The van der Waals surface area contributed by atoms with Gasteiger partial charge in [0.25, 0.3) is 0 Å². The second kappa shape index (κ2) is 5.66. The van der Waals surface area contributed by atoms with Crippen LogP contribution in [0, 0.1) is 23.2 Å². The van der Waals surface area contributed by atoms with E-state index in [1.54, 1.807) is 6.08 Å². The first-order valence-electron chi connectivity index (χ1n) is 7.04. The molecular formula is C15H20F3N3. The van der Waals surface area contributed by atoms with Crippen molar-refractivity contribution in [2.45, 2.75) is 39.9 Å². The third kappa shape index (κ3) is 3.74. The zero-order chi connectivity index (χ0) is 15.8. The van der Waals surface area contributed by atoms with Crippen molar-refractivity contribution in [3.05, 3.63) is 23.0 Å². The minimum atomic E-state index is -4.32. The van der Waals surface area contributed by atoms with Crippen LogP contribution in [0.25, 0.3) is 6.08 Å². The summed E-state index contributed by atoms with van der Waals surface area (Å²) in [5.74, 6) is 1.64. The van der Waals surface area contributed by atoms with E-state index in [4.69, 9.17) is 5.41 Å². The quantitative estimate of drug-likeness (QED) is 0.816. The van der Waals surface area contributed by atoms with Crippen molar-refractivity contribution in [1.82, 2.24) is 9.78 Å². The molecule has 1 fully saturated rings. The summed E-state index contributed by atoms with van der Waals surface area (Å²) in [7, 11) is 0. The van der Waals surface area contributed by atoms with E-state index in [1.165, 1.54) is 6.20 Å². The maximum absolute atomic E-state index is 12.6. The van der Waals surface area contributed by atoms with Crippen molar-refractivity contribution in [2.24, 2.45) is 17.8 Å². The largest absolute Gasteiger partial charge is 0.408 e. The number of allylic oxidation sites excluding steroid dienone is 1. The summed E-state index contributed by atoms with van der Waals surface area (Å²) in [6.45, 7) is 5.15. The van der Waals surface area contributed by atoms with Gasteiger partial charge in [0.1, 0.15) is 6.54 Å². The standard InChI is InChI=1S/C15H20F3N3/c1-9(2)12-5-13(12)10(3)4-14-11(6-19)7-20-21(14)8-15(16,17)18/h4,6-7,9,12-13,19H,5,8H2,1-3H3/b10-4+,19-6?/t12-,13-/m1/s1. The monoisotopic (exact) mass is 299 g/mol. The van der Waals surface area contributed by atoms with E-state index in [2.05, 4.69) is 18.9 Å². The highest BCUT2D eigenvalue weighted by atomic mass is 19.4. The van der Waals surface area contributed by atoms with E-state index in [-0.39, 0.29) is 0 Å². The molecule has 0 spiro atoms. The Balaban J connectivity index is 2.26. The Kier molecular flexibility index (Phi) is 4.25. The van der Waals surface area contributed by atoms with Crippen molar-refractivity contribution < 1.29 is 13.2 Å². The minimum Gasteiger partial charge on any atom is -0.308 e. The van der Waals surface area contributed by atoms with Gasteiger partial charge in [0, 0.05) is 11.8 Å². The molecule has 0 bridgehead atoms. The molecule has 21 heavy (non-hydrogen) atoms. The summed E-state index contributed by atoms with van der Waals surface area (Å²) in [6, 6.07) is 0. The Hall–Kier alpha value is -1.59. The lowest BCUT2D eigenvalue weighted by Gasteiger charge is -2.10. The molecule has 6 heteroatoms. The minimum absolute atomic E-state index is 0.370. The number of hydrogen-bond donors (Lipinski definition) is 1. The molecule has 2 rings (SSSR count). The highest BCUT2D eigenvalue weighted by Crippen LogP contribution is 2.49. The molecule has 1 aliphatic rings. The van der Waals surface area contributed by atoms with E-state index in [1.807, 2.05) is 6.92 Å². The van der Waals surface area contributed by atoms with E-state index >= 15 is 0 Å². The average molecular weight is 299 g/mol. The van der Waals surface area contributed by atoms with Crippen LogP contribution in [0.5, 0.6) is 0 Å². The maximum Gasteiger partial charge on any atom is 0.408 e. The molecule has 1 aliphatic carbocycles. The van der Waals surface area contributed by atoms with Crippen LogP contribution in [-0.2, 0) is 6.54 Å². The molecule has 0 saturated heterocycles. The van der Waals surface area contributed by atoms with Crippen LogP contribution in [0.1, 0.15) is 38.4 Å². The summed E-state index contributed by atoms with van der Waals surface area (Å²) >= 11 is 0. The zero-order valence-electron chi connectivity index (χ0n) is 12.4. The zero-order valence-corrected chi connectivity index (χ0v) is 12.4. The third-order valence-electron chi connectivity index (χ3n) is 4.04. The number of aromatic nitrogens is 2. The molecule has 1 saturated carbocycles. The van der Waals surface area contributed by atoms with Gasteiger partial charge >= 0.3 is 6.18 Å². The highest BCUT2D eigenvalue weighted by molar-refractivity contribution is 5.82. The SMILES string of the molecule is C/C(=C\c1c(C=N)cnn1CC(F)(F)F)[C@H]1C[C@@H]1C(C)C. The first-order valence-corrected chi connectivity index (χ1v) is 7.04. The van der Waals surface area contributed by atoms with Gasteiger partial charge in [-0.1, -0.05) is 19.4 Å². The summed E-state index contributed by atoms with van der Waals surface area (Å²) in [5, 5.41) is 11.1. The lowest BCUT2D eigenvalue weighted by molar-refractivity contribution is -0.142. The molecule has 3 nitrogen and oxygen atoms in total. The normalized spacial score (nSPS) is 22.7. The van der Waals surface area contributed by atoms with Crippen LogP contribution in [0.2, 0.25) is 0 Å². The number of rotatable bonds is 5. The molecule has 1 N–H and O–H groups in total. The maximum atomic E-state index is 12.6. The van der Waals surface area contributed by atoms with Gasteiger partial charge in [-0.05, 0) is 37.2 Å². The van der Waals surface area contributed by atoms with Crippen LogP contribution in [0.15, 0.2) is 11.8 Å². The highest BCUT2D eigenvalue weighted by Gasteiger charge is 2.40. The number of nitrogens with one attached hydrogen (secondary N) is 1. The van der Waals surface area contributed by atoms with Gasteiger partial charge in [-0.15, -0.1) is 0 Å². The first kappa shape index (κ1) is 15.8. The Morgan fingerprint density at radius 1 is 1.52 bits per heavy atom. The summed E-state index contributed by atoms with van der Waals surface area (Å²) in [5.41, 5.74) is 1.86. The van der Waals surface area contributed by atoms with Crippen molar-refractivity contribution in [3.63, 3.8) is 0 Å². The fourth-order valence-corrected chi connectivity index (χ4v) is 2.77. The van der Waals surface area contributed by atoms with E-state index in [0.29, 0.717) is 29.0 Å². The fraction of sp³-hybridized carbons (Fsp3) is 0.600. The topological polar surface area (TPSA) is 41.7 Å². The molecule has 0 aliphatic heterocycles. The van der Waals surface area contributed by atoms with Gasteiger partial charge in [-0.25, -0.2) is 0 Å². The average Bonchev–Trinajstić information content (AvgIpc) is 3.08. The second-order valence-corrected chi connectivity index (χ2v) is 6.04. The summed E-state index contributed by atoms with van der Waals surface area (Å²) < 4.78 is 38.6. The smallest absolute Gasteiger partial charge is 0.308 e. The van der Waals surface area contributed by atoms with Crippen LogP contribution in [-0.4, -0.2) is 22.2 Å². The molecule has 0 radical (unpaired) electrons. The molecule has 116 valence electrons. The summed E-state index contributed by atoms with van der Waals surface area (Å²) in [6.07, 6.45) is 0.887. The predicted molar refractivity (Wildman–Crippen MR) is 76.3 cm³/mol. The molecule has 0 aromatic carbocycles. The van der Waals surface area contributed by atoms with E-state index < -0.39 is 12.7 Å². The number of nitrogens with zero attached hydrogens (tertiary/aromatic N) is 2. The van der Waals surface area contributed by atoms with Crippen LogP contribution >= 0.6 is 0 Å². The van der Waals surface area contributed by atoms with Gasteiger partial charge in [0.05, 0.1) is 11.9 Å². The number of hydrogen-bond acceptors (Lipinski definition) is 2. The second-order valence-electron chi connectivity index (χ2n) is 6.04. The lowest BCUT2D eigenvalue weighted by atomic mass is 10.0. The van der Waals surface area contributed by atoms with Crippen LogP contribution < -0.4 is 0 Å². The van der Waals surface area contributed by atoms with Crippen LogP contribution in [0.4, 0.5) is 13.2 Å². The molecule has 0 unspecified atom stereocenters. The summed E-state index contributed by atoms with van der Waals surface area (Å²) in [4.78, 5) is 0. The Bertz CT molecular complexity index is 555. The number of halogens is 3. The fourth-order valence-electron chi connectivity index (χ4n) is 2.77. The van der Waals surface area contributed by atoms with Gasteiger partial charge in [0.2, 0.25) is 0 Å². The first-order chi connectivity index (χ1) is 9.73. The Labute approximate surface area is 122 Å². The van der Waals surface area contributed by atoms with E-state index in [0.717, 1.165) is 22.9 Å². The van der Waals surface area contributed by atoms with Gasteiger partial charge in [-0.2, -0.15) is 18.3 Å². The van der Waals surface area contributed by atoms with Crippen LogP contribution in [0.3, 0.4) is 0 Å². The van der Waals surface area contributed by atoms with Crippen molar-refractivity contribution in [1.29, 1.82) is 5.41 Å². The number of alkyl halides is 3. The molecule has 2 atom stereocenters. The van der Waals surface area contributed by atoms with Gasteiger partial charge in [0.15, 0.2) is 0 Å². The van der Waals surface area contributed by atoms with Crippen molar-refractivity contribution in [2.75, 3.05) is 0 Å². The molecule has 1 heterocycles. The Morgan fingerprint density at radius 2 is 2.19 bits per heavy atom. The predicted octanol–water partition coefficient (Wildman–Crippen LogP) is 4.14. The molecule has 1 aromatic rings. The van der Waals surface area contributed by atoms with Gasteiger partial charge < -0.3 is 5.41 Å². The third-order valence-corrected chi connectivity index (χ3v) is 4.04. The van der Waals surface area contributed by atoms with E-state index in [9.17, 15) is 13.2 Å².